The molecule has 1 amide bonds. The van der Waals surface area contributed by atoms with E-state index in [1.54, 1.807) is 27.7 Å². The van der Waals surface area contributed by atoms with Crippen molar-refractivity contribution in [1.29, 1.82) is 0 Å². The van der Waals surface area contributed by atoms with Gasteiger partial charge in [0.05, 0.1) is 5.41 Å². The standard InChI is InChI=1S/C14H24F3NO3/c1-9(2)7-18(8-14(15,16)17)11(19)6-13(5,10(3)4)12(20)21/h9-10H,6-8H2,1-5H3,(H,20,21). The number of rotatable bonds is 7. The molecule has 124 valence electrons. The Hall–Kier alpha value is -1.27. The molecular formula is C14H24F3NO3. The highest BCUT2D eigenvalue weighted by Gasteiger charge is 2.41. The SMILES string of the molecule is CC(C)CN(CC(F)(F)F)C(=O)CC(C)(C(=O)O)C(C)C. The first-order valence-electron chi connectivity index (χ1n) is 6.87. The van der Waals surface area contributed by atoms with E-state index in [4.69, 9.17) is 0 Å². The van der Waals surface area contributed by atoms with Gasteiger partial charge in [0.1, 0.15) is 6.54 Å². The second-order valence-corrected chi connectivity index (χ2v) is 6.34. The average Bonchev–Trinajstić information content (AvgIpc) is 2.24. The van der Waals surface area contributed by atoms with Crippen molar-refractivity contribution >= 4 is 11.9 Å². The van der Waals surface area contributed by atoms with Gasteiger partial charge in [-0.3, -0.25) is 9.59 Å². The number of hydrogen-bond donors (Lipinski definition) is 1. The van der Waals surface area contributed by atoms with Gasteiger partial charge in [0.25, 0.3) is 0 Å². The van der Waals surface area contributed by atoms with Crippen LogP contribution >= 0.6 is 0 Å². The molecule has 0 aromatic rings. The van der Waals surface area contributed by atoms with E-state index in [1.165, 1.54) is 6.92 Å². The maximum atomic E-state index is 12.6. The zero-order chi connectivity index (χ0) is 17.0. The van der Waals surface area contributed by atoms with Crippen LogP contribution in [0.1, 0.15) is 41.0 Å². The molecule has 0 heterocycles. The van der Waals surface area contributed by atoms with Crippen LogP contribution in [-0.4, -0.2) is 41.1 Å². The van der Waals surface area contributed by atoms with Crippen LogP contribution < -0.4 is 0 Å². The lowest BCUT2D eigenvalue weighted by Gasteiger charge is -2.32. The van der Waals surface area contributed by atoms with Crippen LogP contribution in [0, 0.1) is 17.3 Å². The second-order valence-electron chi connectivity index (χ2n) is 6.34. The van der Waals surface area contributed by atoms with Gasteiger partial charge in [-0.15, -0.1) is 0 Å². The van der Waals surface area contributed by atoms with Gasteiger partial charge in [0.2, 0.25) is 5.91 Å². The van der Waals surface area contributed by atoms with Crippen molar-refractivity contribution in [1.82, 2.24) is 4.90 Å². The zero-order valence-electron chi connectivity index (χ0n) is 13.1. The van der Waals surface area contributed by atoms with Crippen molar-refractivity contribution in [3.05, 3.63) is 0 Å². The Bertz CT molecular complexity index is 380. The molecule has 0 saturated carbocycles. The molecule has 0 aliphatic carbocycles. The monoisotopic (exact) mass is 311 g/mol. The maximum absolute atomic E-state index is 12.6. The predicted octanol–water partition coefficient (Wildman–Crippen LogP) is 3.17. The summed E-state index contributed by atoms with van der Waals surface area (Å²) in [5.74, 6) is -2.46. The normalized spacial score (nSPS) is 15.1. The average molecular weight is 311 g/mol. The highest BCUT2D eigenvalue weighted by Crippen LogP contribution is 2.32. The minimum absolute atomic E-state index is 0.0495. The van der Waals surface area contributed by atoms with E-state index >= 15 is 0 Å². The van der Waals surface area contributed by atoms with Gasteiger partial charge in [-0.05, 0) is 18.8 Å². The summed E-state index contributed by atoms with van der Waals surface area (Å²) in [6, 6.07) is 0. The van der Waals surface area contributed by atoms with Gasteiger partial charge in [0.15, 0.2) is 0 Å². The molecule has 0 aliphatic heterocycles. The quantitative estimate of drug-likeness (QED) is 0.785. The summed E-state index contributed by atoms with van der Waals surface area (Å²) in [4.78, 5) is 24.2. The Kier molecular flexibility index (Phi) is 6.70. The number of nitrogens with zero attached hydrogens (tertiary/aromatic N) is 1. The Morgan fingerprint density at radius 2 is 1.62 bits per heavy atom. The zero-order valence-corrected chi connectivity index (χ0v) is 13.1. The molecule has 0 radical (unpaired) electrons. The molecule has 1 N–H and O–H groups in total. The molecule has 0 spiro atoms. The summed E-state index contributed by atoms with van der Waals surface area (Å²) in [5, 5.41) is 9.26. The number of hydrogen-bond acceptors (Lipinski definition) is 2. The summed E-state index contributed by atoms with van der Waals surface area (Å²) in [5.41, 5.74) is -1.38. The Morgan fingerprint density at radius 3 is 1.90 bits per heavy atom. The van der Waals surface area contributed by atoms with Crippen molar-refractivity contribution in [2.24, 2.45) is 17.3 Å². The number of carboxylic acid groups (broad SMARTS) is 1. The third kappa shape index (κ3) is 6.35. The minimum atomic E-state index is -4.50. The molecule has 7 heteroatoms. The van der Waals surface area contributed by atoms with Crippen LogP contribution in [0.3, 0.4) is 0 Å². The van der Waals surface area contributed by atoms with Gasteiger partial charge in [0, 0.05) is 13.0 Å². The number of halogens is 3. The summed E-state index contributed by atoms with van der Waals surface area (Å²) >= 11 is 0. The van der Waals surface area contributed by atoms with Crippen LogP contribution in [0.4, 0.5) is 13.2 Å². The van der Waals surface area contributed by atoms with E-state index in [0.29, 0.717) is 4.90 Å². The minimum Gasteiger partial charge on any atom is -0.481 e. The van der Waals surface area contributed by atoms with Crippen molar-refractivity contribution in [2.75, 3.05) is 13.1 Å². The van der Waals surface area contributed by atoms with Crippen molar-refractivity contribution in [3.63, 3.8) is 0 Å². The Morgan fingerprint density at radius 1 is 1.14 bits per heavy atom. The van der Waals surface area contributed by atoms with Gasteiger partial charge in [-0.2, -0.15) is 13.2 Å². The fourth-order valence-corrected chi connectivity index (χ4v) is 1.86. The van der Waals surface area contributed by atoms with Crippen LogP contribution in [0.25, 0.3) is 0 Å². The van der Waals surface area contributed by atoms with Crippen molar-refractivity contribution < 1.29 is 27.9 Å². The number of carboxylic acids is 1. The van der Waals surface area contributed by atoms with Gasteiger partial charge >= 0.3 is 12.1 Å². The summed E-state index contributed by atoms with van der Waals surface area (Å²) in [7, 11) is 0. The summed E-state index contributed by atoms with van der Waals surface area (Å²) in [6.07, 6.45) is -4.94. The molecule has 0 aliphatic rings. The lowest BCUT2D eigenvalue weighted by molar-refractivity contribution is -0.167. The molecule has 4 nitrogen and oxygen atoms in total. The maximum Gasteiger partial charge on any atom is 0.406 e. The lowest BCUT2D eigenvalue weighted by atomic mass is 9.76. The predicted molar refractivity (Wildman–Crippen MR) is 72.7 cm³/mol. The van der Waals surface area contributed by atoms with Crippen LogP contribution in [0.2, 0.25) is 0 Å². The molecule has 1 unspecified atom stereocenters. The second kappa shape index (κ2) is 7.13. The molecule has 0 bridgehead atoms. The van der Waals surface area contributed by atoms with Crippen molar-refractivity contribution in [3.8, 4) is 0 Å². The number of aliphatic carboxylic acids is 1. The third-order valence-electron chi connectivity index (χ3n) is 3.59. The first-order valence-corrected chi connectivity index (χ1v) is 6.87. The van der Waals surface area contributed by atoms with E-state index in [1.807, 2.05) is 0 Å². The lowest BCUT2D eigenvalue weighted by Crippen LogP contribution is -2.45. The van der Waals surface area contributed by atoms with E-state index in [-0.39, 0.29) is 18.4 Å². The first-order chi connectivity index (χ1) is 9.29. The molecular weight excluding hydrogens is 287 g/mol. The fraction of sp³-hybridized carbons (Fsp3) is 0.857. The molecule has 0 aromatic carbocycles. The van der Waals surface area contributed by atoms with Crippen LogP contribution in [-0.2, 0) is 9.59 Å². The van der Waals surface area contributed by atoms with E-state index < -0.39 is 36.4 Å². The molecule has 0 saturated heterocycles. The van der Waals surface area contributed by atoms with Crippen LogP contribution in [0.5, 0.6) is 0 Å². The number of alkyl halides is 3. The van der Waals surface area contributed by atoms with Gasteiger partial charge < -0.3 is 10.0 Å². The topological polar surface area (TPSA) is 57.6 Å². The molecule has 0 rings (SSSR count). The van der Waals surface area contributed by atoms with Crippen molar-refractivity contribution in [2.45, 2.75) is 47.2 Å². The van der Waals surface area contributed by atoms with Crippen LogP contribution in [0.15, 0.2) is 0 Å². The highest BCUT2D eigenvalue weighted by molar-refractivity contribution is 5.85. The van der Waals surface area contributed by atoms with Gasteiger partial charge in [-0.1, -0.05) is 27.7 Å². The van der Waals surface area contributed by atoms with E-state index in [0.717, 1.165) is 0 Å². The molecule has 0 fully saturated rings. The smallest absolute Gasteiger partial charge is 0.406 e. The molecule has 0 aromatic heterocycles. The summed E-state index contributed by atoms with van der Waals surface area (Å²) < 4.78 is 37.7. The van der Waals surface area contributed by atoms with E-state index in [9.17, 15) is 27.9 Å². The number of amides is 1. The summed E-state index contributed by atoms with van der Waals surface area (Å²) in [6.45, 7) is 6.67. The largest absolute Gasteiger partial charge is 0.481 e. The Balaban J connectivity index is 5.16. The fourth-order valence-electron chi connectivity index (χ4n) is 1.86. The number of carbonyl (C=O) groups is 2. The van der Waals surface area contributed by atoms with Gasteiger partial charge in [-0.25, -0.2) is 0 Å². The molecule has 21 heavy (non-hydrogen) atoms. The third-order valence-corrected chi connectivity index (χ3v) is 3.59. The highest BCUT2D eigenvalue weighted by atomic mass is 19.4. The Labute approximate surface area is 123 Å². The molecule has 1 atom stereocenters. The number of carbonyl (C=O) groups excluding carboxylic acids is 1. The first kappa shape index (κ1) is 19.7. The van der Waals surface area contributed by atoms with E-state index in [2.05, 4.69) is 0 Å².